The summed E-state index contributed by atoms with van der Waals surface area (Å²) in [7, 11) is 0. The van der Waals surface area contributed by atoms with Gasteiger partial charge in [0.15, 0.2) is 0 Å². The maximum Gasteiger partial charge on any atom is -0.00853 e. The van der Waals surface area contributed by atoms with Crippen molar-refractivity contribution < 1.29 is 0 Å². The normalized spacial score (nSPS) is 54.6. The Hall–Kier alpha value is -0.260. The molecule has 3 fully saturated rings. The van der Waals surface area contributed by atoms with Gasteiger partial charge in [-0.2, -0.15) is 0 Å². The number of rotatable bonds is 0. The summed E-state index contributed by atoms with van der Waals surface area (Å²) >= 11 is 0. The molecular weight excluding hydrogens is 240 g/mol. The van der Waals surface area contributed by atoms with Gasteiger partial charge in [0.1, 0.15) is 0 Å². The molecule has 0 heterocycles. The van der Waals surface area contributed by atoms with E-state index < -0.39 is 0 Å². The van der Waals surface area contributed by atoms with Crippen LogP contribution in [0.5, 0.6) is 0 Å². The Bertz CT molecular complexity index is 433. The first-order chi connectivity index (χ1) is 9.56. The van der Waals surface area contributed by atoms with Crippen molar-refractivity contribution in [1.29, 1.82) is 0 Å². The third-order valence-electron chi connectivity index (χ3n) is 8.49. The largest absolute Gasteiger partial charge is 0.0845 e. The van der Waals surface area contributed by atoms with Gasteiger partial charge in [-0.3, -0.25) is 0 Å². The van der Waals surface area contributed by atoms with Gasteiger partial charge in [0.2, 0.25) is 0 Å². The summed E-state index contributed by atoms with van der Waals surface area (Å²) in [6.07, 6.45) is 16.0. The van der Waals surface area contributed by atoms with Crippen LogP contribution in [-0.2, 0) is 0 Å². The number of allylic oxidation sites excluding steroid dienone is 2. The lowest BCUT2D eigenvalue weighted by Gasteiger charge is -2.57. The first-order valence-electron chi connectivity index (χ1n) is 9.25. The second-order valence-electron chi connectivity index (χ2n) is 8.99. The highest BCUT2D eigenvalue weighted by atomic mass is 14.6. The van der Waals surface area contributed by atoms with Gasteiger partial charge >= 0.3 is 0 Å². The molecule has 4 aliphatic carbocycles. The van der Waals surface area contributed by atoms with E-state index in [1.54, 1.807) is 0 Å². The second kappa shape index (κ2) is 4.37. The van der Waals surface area contributed by atoms with Gasteiger partial charge in [-0.25, -0.2) is 0 Å². The van der Waals surface area contributed by atoms with Crippen LogP contribution < -0.4 is 0 Å². The molecular formula is C20H32. The fourth-order valence-corrected chi connectivity index (χ4v) is 6.96. The lowest BCUT2D eigenvalue weighted by atomic mass is 9.47. The third kappa shape index (κ3) is 1.60. The van der Waals surface area contributed by atoms with Gasteiger partial charge in [0, 0.05) is 0 Å². The van der Waals surface area contributed by atoms with E-state index in [4.69, 9.17) is 0 Å². The summed E-state index contributed by atoms with van der Waals surface area (Å²) < 4.78 is 0. The molecule has 0 aliphatic heterocycles. The zero-order valence-electron chi connectivity index (χ0n) is 13.8. The van der Waals surface area contributed by atoms with Crippen molar-refractivity contribution >= 4 is 0 Å². The third-order valence-corrected chi connectivity index (χ3v) is 8.49. The predicted molar refractivity (Wildman–Crippen MR) is 85.5 cm³/mol. The molecule has 0 aromatic heterocycles. The Morgan fingerprint density at radius 1 is 1.00 bits per heavy atom. The number of hydrogen-bond donors (Lipinski definition) is 0. The zero-order chi connectivity index (χ0) is 14.0. The van der Waals surface area contributed by atoms with Crippen LogP contribution in [0.3, 0.4) is 0 Å². The van der Waals surface area contributed by atoms with Crippen molar-refractivity contribution in [2.24, 2.45) is 34.5 Å². The van der Waals surface area contributed by atoms with Gasteiger partial charge < -0.3 is 0 Å². The van der Waals surface area contributed by atoms with Gasteiger partial charge in [-0.1, -0.05) is 38.8 Å². The first kappa shape index (κ1) is 13.4. The Morgan fingerprint density at radius 3 is 2.70 bits per heavy atom. The topological polar surface area (TPSA) is 0 Å². The van der Waals surface area contributed by atoms with Gasteiger partial charge in [0.05, 0.1) is 0 Å². The van der Waals surface area contributed by atoms with Crippen molar-refractivity contribution in [2.45, 2.75) is 78.6 Å². The van der Waals surface area contributed by atoms with Crippen LogP contribution in [0.25, 0.3) is 0 Å². The van der Waals surface area contributed by atoms with Crippen LogP contribution in [0, 0.1) is 34.5 Å². The summed E-state index contributed by atoms with van der Waals surface area (Å²) in [6.45, 7) is 7.80. The lowest BCUT2D eigenvalue weighted by molar-refractivity contribution is -0.0384. The molecule has 3 saturated carbocycles. The molecule has 20 heavy (non-hydrogen) atoms. The van der Waals surface area contributed by atoms with Crippen LogP contribution in [0.4, 0.5) is 0 Å². The monoisotopic (exact) mass is 272 g/mol. The van der Waals surface area contributed by atoms with Crippen LogP contribution >= 0.6 is 0 Å². The van der Waals surface area contributed by atoms with Crippen molar-refractivity contribution in [3.8, 4) is 0 Å². The molecule has 4 rings (SSSR count). The Kier molecular flexibility index (Phi) is 2.93. The fourth-order valence-electron chi connectivity index (χ4n) is 6.96. The van der Waals surface area contributed by atoms with Crippen molar-refractivity contribution in [2.75, 3.05) is 0 Å². The summed E-state index contributed by atoms with van der Waals surface area (Å²) in [5, 5.41) is 0. The summed E-state index contributed by atoms with van der Waals surface area (Å²) in [5.74, 6) is 4.04. The maximum absolute atomic E-state index is 2.70. The van der Waals surface area contributed by atoms with Crippen LogP contribution in [0.2, 0.25) is 0 Å². The van der Waals surface area contributed by atoms with Gasteiger partial charge in [-0.05, 0) is 85.9 Å². The Balaban J connectivity index is 1.69. The molecule has 0 aromatic rings. The predicted octanol–water partition coefficient (Wildman–Crippen LogP) is 5.98. The minimum absolute atomic E-state index is 0.592. The Labute approximate surface area is 125 Å². The molecule has 0 aromatic carbocycles. The zero-order valence-corrected chi connectivity index (χ0v) is 13.8. The number of hydrogen-bond acceptors (Lipinski definition) is 0. The summed E-state index contributed by atoms with van der Waals surface area (Å²) in [4.78, 5) is 0. The van der Waals surface area contributed by atoms with Crippen LogP contribution in [-0.4, -0.2) is 0 Å². The molecule has 0 amide bonds. The highest BCUT2D eigenvalue weighted by Crippen LogP contribution is 2.66. The summed E-state index contributed by atoms with van der Waals surface area (Å²) in [5.41, 5.74) is 3.13. The molecule has 0 spiro atoms. The van der Waals surface area contributed by atoms with Crippen molar-refractivity contribution in [3.63, 3.8) is 0 Å². The molecule has 0 nitrogen and oxygen atoms in total. The first-order valence-corrected chi connectivity index (χ1v) is 9.25. The van der Waals surface area contributed by atoms with E-state index in [1.807, 2.05) is 5.57 Å². The van der Waals surface area contributed by atoms with Crippen LogP contribution in [0.15, 0.2) is 11.6 Å². The van der Waals surface area contributed by atoms with E-state index >= 15 is 0 Å². The average molecular weight is 272 g/mol. The SMILES string of the molecule is C[C@@H]1CC[C@H]2[C@@H]3CC=C4CCCC[C@]4(C)[C@H]3CC[C@]12C. The standard InChI is InChI=1S/C20H32/c1-14-7-10-17-16-9-8-15-6-4-5-12-20(15,3)18(16)11-13-19(14,17)2/h8,14,16-18H,4-7,9-13H2,1-3H3/t14-,16+,17+,18+,19-,20+/m1/s1. The highest BCUT2D eigenvalue weighted by molar-refractivity contribution is 5.24. The molecule has 112 valence electrons. The average Bonchev–Trinajstić information content (AvgIpc) is 2.74. The van der Waals surface area contributed by atoms with Crippen molar-refractivity contribution in [1.82, 2.24) is 0 Å². The molecule has 0 unspecified atom stereocenters. The molecule has 4 aliphatic rings. The molecule has 0 N–H and O–H groups in total. The van der Waals surface area contributed by atoms with Crippen LogP contribution in [0.1, 0.15) is 78.6 Å². The molecule has 0 bridgehead atoms. The van der Waals surface area contributed by atoms with Crippen molar-refractivity contribution in [3.05, 3.63) is 11.6 Å². The van der Waals surface area contributed by atoms with E-state index in [2.05, 4.69) is 26.8 Å². The van der Waals surface area contributed by atoms with E-state index in [0.29, 0.717) is 10.8 Å². The smallest absolute Gasteiger partial charge is 0.00853 e. The van der Waals surface area contributed by atoms with Gasteiger partial charge in [0.25, 0.3) is 0 Å². The summed E-state index contributed by atoms with van der Waals surface area (Å²) in [6, 6.07) is 0. The van der Waals surface area contributed by atoms with E-state index in [9.17, 15) is 0 Å². The quantitative estimate of drug-likeness (QED) is 0.476. The lowest BCUT2D eigenvalue weighted by Crippen LogP contribution is -2.49. The fraction of sp³-hybridized carbons (Fsp3) is 0.900. The number of fused-ring (bicyclic) bond motifs is 5. The molecule has 0 radical (unpaired) electrons. The highest BCUT2D eigenvalue weighted by Gasteiger charge is 2.57. The minimum atomic E-state index is 0.592. The van der Waals surface area contributed by atoms with E-state index in [-0.39, 0.29) is 0 Å². The maximum atomic E-state index is 2.70. The van der Waals surface area contributed by atoms with E-state index in [1.165, 1.54) is 57.8 Å². The van der Waals surface area contributed by atoms with Gasteiger partial charge in [-0.15, -0.1) is 0 Å². The minimum Gasteiger partial charge on any atom is -0.0845 e. The second-order valence-corrected chi connectivity index (χ2v) is 8.99. The molecule has 0 heteroatoms. The Morgan fingerprint density at radius 2 is 1.85 bits per heavy atom. The van der Waals surface area contributed by atoms with E-state index in [0.717, 1.165) is 23.7 Å². The molecule has 0 saturated heterocycles. The molecule has 6 atom stereocenters.